The van der Waals surface area contributed by atoms with Crippen LogP contribution < -0.4 is 5.63 Å². The molecule has 0 unspecified atom stereocenters. The first-order chi connectivity index (χ1) is 6.59. The van der Waals surface area contributed by atoms with Gasteiger partial charge in [0, 0.05) is 5.39 Å². The van der Waals surface area contributed by atoms with Gasteiger partial charge in [0.05, 0.1) is 10.6 Å². The van der Waals surface area contributed by atoms with Gasteiger partial charge in [-0.15, -0.1) is 0 Å². The van der Waals surface area contributed by atoms with Gasteiger partial charge in [0.25, 0.3) is 0 Å². The van der Waals surface area contributed by atoms with Crippen molar-refractivity contribution in [2.75, 3.05) is 0 Å². The van der Waals surface area contributed by atoms with Crippen LogP contribution in [0.1, 0.15) is 11.1 Å². The Morgan fingerprint density at radius 2 is 2.00 bits per heavy atom. The Morgan fingerprint density at radius 1 is 1.29 bits per heavy atom. The van der Waals surface area contributed by atoms with Crippen molar-refractivity contribution >= 4 is 22.6 Å². The van der Waals surface area contributed by atoms with Crippen LogP contribution in [0, 0.1) is 13.8 Å². The summed E-state index contributed by atoms with van der Waals surface area (Å²) in [6, 6.07) is 5.61. The summed E-state index contributed by atoms with van der Waals surface area (Å²) in [7, 11) is 0. The molecular formula is C11H9ClO2. The van der Waals surface area contributed by atoms with Crippen LogP contribution in [0.25, 0.3) is 11.0 Å². The summed E-state index contributed by atoms with van der Waals surface area (Å²) < 4.78 is 5.11. The van der Waals surface area contributed by atoms with Gasteiger partial charge in [-0.05, 0) is 31.5 Å². The summed E-state index contributed by atoms with van der Waals surface area (Å²) in [6.45, 7) is 3.60. The summed E-state index contributed by atoms with van der Waals surface area (Å²) in [5.41, 5.74) is 1.68. The van der Waals surface area contributed by atoms with Crippen molar-refractivity contribution in [3.63, 3.8) is 0 Å². The van der Waals surface area contributed by atoms with E-state index < -0.39 is 0 Å². The van der Waals surface area contributed by atoms with Crippen LogP contribution in [-0.4, -0.2) is 0 Å². The zero-order valence-corrected chi connectivity index (χ0v) is 8.68. The van der Waals surface area contributed by atoms with Crippen LogP contribution in [0.3, 0.4) is 0 Å². The van der Waals surface area contributed by atoms with Crippen molar-refractivity contribution in [3.8, 4) is 0 Å². The van der Waals surface area contributed by atoms with Crippen LogP contribution in [0.15, 0.2) is 27.4 Å². The second-order valence-corrected chi connectivity index (χ2v) is 3.71. The van der Waals surface area contributed by atoms with Crippen molar-refractivity contribution in [2.45, 2.75) is 13.8 Å². The van der Waals surface area contributed by atoms with E-state index >= 15 is 0 Å². The minimum absolute atomic E-state index is 0.367. The molecule has 0 aliphatic carbocycles. The summed E-state index contributed by atoms with van der Waals surface area (Å²) in [4.78, 5) is 11.3. The highest BCUT2D eigenvalue weighted by atomic mass is 35.5. The second kappa shape index (κ2) is 3.14. The van der Waals surface area contributed by atoms with E-state index in [1.807, 2.05) is 25.1 Å². The molecule has 14 heavy (non-hydrogen) atoms. The Kier molecular flexibility index (Phi) is 2.08. The van der Waals surface area contributed by atoms with E-state index in [0.29, 0.717) is 16.2 Å². The first-order valence-electron chi connectivity index (χ1n) is 4.29. The van der Waals surface area contributed by atoms with Crippen LogP contribution in [0.2, 0.25) is 5.02 Å². The molecule has 2 nitrogen and oxygen atoms in total. The number of fused-ring (bicyclic) bond motifs is 1. The number of aryl methyl sites for hydroxylation is 1. The lowest BCUT2D eigenvalue weighted by atomic mass is 10.1. The average Bonchev–Trinajstić information content (AvgIpc) is 2.14. The summed E-state index contributed by atoms with van der Waals surface area (Å²) in [6.07, 6.45) is 0. The molecule has 2 aromatic rings. The molecule has 1 aromatic heterocycles. The average molecular weight is 209 g/mol. The lowest BCUT2D eigenvalue weighted by molar-refractivity contribution is 0.555. The lowest BCUT2D eigenvalue weighted by Gasteiger charge is -2.02. The first-order valence-corrected chi connectivity index (χ1v) is 4.67. The predicted octanol–water partition coefficient (Wildman–Crippen LogP) is 3.06. The largest absolute Gasteiger partial charge is 0.422 e. The number of hydrogen-bond donors (Lipinski definition) is 0. The van der Waals surface area contributed by atoms with Crippen LogP contribution in [0.5, 0.6) is 0 Å². The topological polar surface area (TPSA) is 30.2 Å². The molecule has 0 N–H and O–H groups in total. The lowest BCUT2D eigenvalue weighted by Crippen LogP contribution is -2.03. The third-order valence-corrected chi connectivity index (χ3v) is 2.70. The SMILES string of the molecule is Cc1ccc2c(Cl)c(C)c(=O)oc2c1. The molecule has 0 fully saturated rings. The van der Waals surface area contributed by atoms with Crippen molar-refractivity contribution in [1.29, 1.82) is 0 Å². The molecule has 3 heteroatoms. The highest BCUT2D eigenvalue weighted by molar-refractivity contribution is 6.35. The Bertz CT molecular complexity index is 555. The van der Waals surface area contributed by atoms with Crippen LogP contribution in [0.4, 0.5) is 0 Å². The molecule has 0 aliphatic rings. The van der Waals surface area contributed by atoms with Gasteiger partial charge in [-0.25, -0.2) is 4.79 Å². The van der Waals surface area contributed by atoms with Crippen molar-refractivity contribution < 1.29 is 4.42 Å². The molecule has 0 aliphatic heterocycles. The van der Waals surface area contributed by atoms with E-state index in [9.17, 15) is 4.79 Å². The Hall–Kier alpha value is -1.28. The van der Waals surface area contributed by atoms with Crippen molar-refractivity contribution in [1.82, 2.24) is 0 Å². The fourth-order valence-electron chi connectivity index (χ4n) is 1.36. The second-order valence-electron chi connectivity index (χ2n) is 3.33. The maximum atomic E-state index is 11.3. The Labute approximate surface area is 86.1 Å². The fraction of sp³-hybridized carbons (Fsp3) is 0.182. The Morgan fingerprint density at radius 3 is 2.71 bits per heavy atom. The van der Waals surface area contributed by atoms with Gasteiger partial charge < -0.3 is 4.42 Å². The van der Waals surface area contributed by atoms with Gasteiger partial charge in [0.15, 0.2) is 0 Å². The molecule has 0 atom stereocenters. The summed E-state index contributed by atoms with van der Waals surface area (Å²) in [5, 5.41) is 1.27. The van der Waals surface area contributed by atoms with E-state index in [-0.39, 0.29) is 5.63 Å². The van der Waals surface area contributed by atoms with Crippen LogP contribution >= 0.6 is 11.6 Å². The fourth-order valence-corrected chi connectivity index (χ4v) is 1.60. The number of halogens is 1. The van der Waals surface area contributed by atoms with Gasteiger partial charge in [0.2, 0.25) is 0 Å². The van der Waals surface area contributed by atoms with Gasteiger partial charge in [0.1, 0.15) is 5.58 Å². The normalized spacial score (nSPS) is 10.8. The maximum Gasteiger partial charge on any atom is 0.340 e. The third-order valence-electron chi connectivity index (χ3n) is 2.21. The smallest absolute Gasteiger partial charge is 0.340 e. The first kappa shape index (κ1) is 9.28. The molecule has 0 bridgehead atoms. The van der Waals surface area contributed by atoms with Crippen molar-refractivity contribution in [3.05, 3.63) is 44.8 Å². The number of benzene rings is 1. The molecule has 1 heterocycles. The summed E-state index contributed by atoms with van der Waals surface area (Å²) >= 11 is 6.02. The maximum absolute atomic E-state index is 11.3. The Balaban J connectivity index is 2.98. The highest BCUT2D eigenvalue weighted by Gasteiger charge is 2.08. The molecule has 0 spiro atoms. The standard InChI is InChI=1S/C11H9ClO2/c1-6-3-4-8-9(5-6)14-11(13)7(2)10(8)12/h3-5H,1-2H3. The number of hydrogen-bond acceptors (Lipinski definition) is 2. The molecule has 0 amide bonds. The van der Waals surface area contributed by atoms with E-state index in [4.69, 9.17) is 16.0 Å². The van der Waals surface area contributed by atoms with Crippen LogP contribution in [-0.2, 0) is 0 Å². The van der Waals surface area contributed by atoms with Gasteiger partial charge in [-0.1, -0.05) is 17.7 Å². The molecular weight excluding hydrogens is 200 g/mol. The highest BCUT2D eigenvalue weighted by Crippen LogP contribution is 2.24. The van der Waals surface area contributed by atoms with E-state index in [0.717, 1.165) is 10.9 Å². The monoisotopic (exact) mass is 208 g/mol. The molecule has 2 rings (SSSR count). The van der Waals surface area contributed by atoms with Crippen molar-refractivity contribution in [2.24, 2.45) is 0 Å². The van der Waals surface area contributed by atoms with E-state index in [1.54, 1.807) is 6.92 Å². The van der Waals surface area contributed by atoms with E-state index in [2.05, 4.69) is 0 Å². The number of rotatable bonds is 0. The zero-order chi connectivity index (χ0) is 10.3. The summed E-state index contributed by atoms with van der Waals surface area (Å²) in [5.74, 6) is 0. The van der Waals surface area contributed by atoms with Gasteiger partial charge in [-0.2, -0.15) is 0 Å². The molecule has 0 saturated heterocycles. The molecule has 0 saturated carbocycles. The van der Waals surface area contributed by atoms with E-state index in [1.165, 1.54) is 0 Å². The zero-order valence-electron chi connectivity index (χ0n) is 7.93. The molecule has 72 valence electrons. The minimum atomic E-state index is -0.367. The molecule has 0 radical (unpaired) electrons. The van der Waals surface area contributed by atoms with Gasteiger partial charge >= 0.3 is 5.63 Å². The molecule has 1 aromatic carbocycles. The minimum Gasteiger partial charge on any atom is -0.422 e. The third kappa shape index (κ3) is 1.32. The quantitative estimate of drug-likeness (QED) is 0.623. The van der Waals surface area contributed by atoms with Gasteiger partial charge in [-0.3, -0.25) is 0 Å². The predicted molar refractivity (Wildman–Crippen MR) is 57.0 cm³/mol.